The average molecular weight is 382 g/mol. The summed E-state index contributed by atoms with van der Waals surface area (Å²) >= 11 is 0. The maximum Gasteiger partial charge on any atom is 0.232 e. The van der Waals surface area contributed by atoms with Crippen molar-refractivity contribution in [3.05, 3.63) is 71.8 Å². The van der Waals surface area contributed by atoms with Crippen LogP contribution < -0.4 is 0 Å². The first-order valence-electron chi connectivity index (χ1n) is 9.74. The molecule has 144 valence electrons. The number of benzene rings is 2. The molecule has 2 atom stereocenters. The summed E-state index contributed by atoms with van der Waals surface area (Å²) in [5, 5.41) is 0.160. The van der Waals surface area contributed by atoms with E-state index < -0.39 is 8.32 Å². The van der Waals surface area contributed by atoms with Crippen LogP contribution in [0.3, 0.4) is 0 Å². The third-order valence-electron chi connectivity index (χ3n) is 6.11. The summed E-state index contributed by atoms with van der Waals surface area (Å²) in [7, 11) is -1.86. The molecule has 1 heterocycles. The number of amides is 1. The minimum atomic E-state index is -1.86. The Morgan fingerprint density at radius 1 is 0.963 bits per heavy atom. The van der Waals surface area contributed by atoms with Crippen molar-refractivity contribution in [2.45, 2.75) is 57.4 Å². The Labute approximate surface area is 164 Å². The minimum Gasteiger partial charge on any atom is -0.415 e. The second kappa shape index (κ2) is 7.61. The quantitative estimate of drug-likeness (QED) is 0.508. The van der Waals surface area contributed by atoms with E-state index in [0.717, 1.165) is 11.1 Å². The summed E-state index contributed by atoms with van der Waals surface area (Å²) in [6.07, 6.45) is 0. The number of hydrogen-bond acceptors (Lipinski definition) is 2. The monoisotopic (exact) mass is 381 g/mol. The average Bonchev–Trinajstić information content (AvgIpc) is 2.63. The van der Waals surface area contributed by atoms with Crippen LogP contribution in [0.5, 0.6) is 0 Å². The van der Waals surface area contributed by atoms with E-state index in [-0.39, 0.29) is 22.9 Å². The van der Waals surface area contributed by atoms with Gasteiger partial charge in [0.25, 0.3) is 0 Å². The number of hydrogen-bond donors (Lipinski definition) is 0. The molecule has 3 rings (SSSR count). The lowest BCUT2D eigenvalue weighted by atomic mass is 9.81. The number of β-lactam (4-membered cyclic amide) rings is 1. The van der Waals surface area contributed by atoms with Crippen LogP contribution in [0, 0.1) is 0 Å². The van der Waals surface area contributed by atoms with Crippen LogP contribution in [0.25, 0.3) is 0 Å². The Kier molecular flexibility index (Phi) is 5.59. The highest BCUT2D eigenvalue weighted by Crippen LogP contribution is 2.40. The molecule has 0 aromatic heterocycles. The molecular weight excluding hydrogens is 350 g/mol. The summed E-state index contributed by atoms with van der Waals surface area (Å²) in [6.45, 7) is 12.5. The van der Waals surface area contributed by atoms with Gasteiger partial charge in [0.05, 0.1) is 18.6 Å². The Morgan fingerprint density at radius 3 is 2.07 bits per heavy atom. The van der Waals surface area contributed by atoms with Crippen molar-refractivity contribution in [3.63, 3.8) is 0 Å². The molecule has 0 bridgehead atoms. The summed E-state index contributed by atoms with van der Waals surface area (Å²) in [5.41, 5.74) is 2.25. The number of likely N-dealkylation sites (tertiary alicyclic amines) is 1. The van der Waals surface area contributed by atoms with Crippen molar-refractivity contribution in [2.24, 2.45) is 0 Å². The first-order valence-corrected chi connectivity index (χ1v) is 12.6. The molecule has 1 aliphatic heterocycles. The van der Waals surface area contributed by atoms with Crippen molar-refractivity contribution < 1.29 is 9.22 Å². The van der Waals surface area contributed by atoms with Gasteiger partial charge < -0.3 is 9.33 Å². The van der Waals surface area contributed by atoms with Crippen LogP contribution in [0.2, 0.25) is 18.1 Å². The Bertz CT molecular complexity index is 768. The molecular formula is C23H31NO2Si. The van der Waals surface area contributed by atoms with Crippen molar-refractivity contribution in [2.75, 3.05) is 6.61 Å². The molecule has 0 saturated carbocycles. The maximum atomic E-state index is 13.0. The number of rotatable bonds is 6. The molecule has 0 N–H and O–H groups in total. The third kappa shape index (κ3) is 4.17. The van der Waals surface area contributed by atoms with E-state index in [1.807, 2.05) is 41.3 Å². The Hall–Kier alpha value is -1.91. The molecule has 0 aliphatic carbocycles. The summed E-state index contributed by atoms with van der Waals surface area (Å²) in [5.74, 6) is 0.105. The fourth-order valence-electron chi connectivity index (χ4n) is 3.30. The van der Waals surface area contributed by atoms with E-state index in [9.17, 15) is 4.79 Å². The fraction of sp³-hybridized carbons (Fsp3) is 0.435. The topological polar surface area (TPSA) is 29.5 Å². The molecule has 1 aliphatic rings. The normalized spacial score (nSPS) is 20.5. The molecule has 0 radical (unpaired) electrons. The lowest BCUT2D eigenvalue weighted by molar-refractivity contribution is -0.153. The van der Waals surface area contributed by atoms with E-state index in [2.05, 4.69) is 58.1 Å². The number of carbonyl (C=O) groups excluding carboxylic acids is 1. The van der Waals surface area contributed by atoms with Crippen LogP contribution in [0.15, 0.2) is 60.7 Å². The van der Waals surface area contributed by atoms with Crippen molar-refractivity contribution in [3.8, 4) is 0 Å². The van der Waals surface area contributed by atoms with E-state index in [1.54, 1.807) is 0 Å². The highest BCUT2D eigenvalue weighted by Gasteiger charge is 2.49. The van der Waals surface area contributed by atoms with Crippen LogP contribution in [-0.4, -0.2) is 31.8 Å². The highest BCUT2D eigenvalue weighted by atomic mass is 28.4. The molecule has 27 heavy (non-hydrogen) atoms. The standard InChI is InChI=1S/C23H31NO2Si/c1-23(2,3)27(4,5)26-17-20-21(19-14-10-7-11-15-19)22(25)24(20)16-18-12-8-6-9-13-18/h6-15,20-21H,16-17H2,1-5H3/t20-,21-/m0/s1. The van der Waals surface area contributed by atoms with Gasteiger partial charge in [-0.05, 0) is 29.3 Å². The van der Waals surface area contributed by atoms with E-state index in [0.29, 0.717) is 13.2 Å². The number of nitrogens with zero attached hydrogens (tertiary/aromatic N) is 1. The maximum absolute atomic E-state index is 13.0. The molecule has 2 aromatic rings. The summed E-state index contributed by atoms with van der Waals surface area (Å²) in [4.78, 5) is 15.0. The van der Waals surface area contributed by atoms with Crippen molar-refractivity contribution in [1.29, 1.82) is 0 Å². The fourth-order valence-corrected chi connectivity index (χ4v) is 4.32. The molecule has 0 spiro atoms. The van der Waals surface area contributed by atoms with Gasteiger partial charge in [-0.3, -0.25) is 4.79 Å². The van der Waals surface area contributed by atoms with Gasteiger partial charge in [-0.15, -0.1) is 0 Å². The van der Waals surface area contributed by atoms with Gasteiger partial charge in [0, 0.05) is 6.54 Å². The minimum absolute atomic E-state index is 0.0919. The lowest BCUT2D eigenvalue weighted by Gasteiger charge is -2.49. The van der Waals surface area contributed by atoms with Gasteiger partial charge in [-0.2, -0.15) is 0 Å². The van der Waals surface area contributed by atoms with Crippen LogP contribution in [0.4, 0.5) is 0 Å². The zero-order valence-electron chi connectivity index (χ0n) is 17.1. The van der Waals surface area contributed by atoms with Gasteiger partial charge in [-0.1, -0.05) is 81.4 Å². The van der Waals surface area contributed by atoms with Gasteiger partial charge >= 0.3 is 0 Å². The van der Waals surface area contributed by atoms with Crippen LogP contribution in [0.1, 0.15) is 37.8 Å². The second-order valence-electron chi connectivity index (χ2n) is 8.98. The van der Waals surface area contributed by atoms with E-state index in [1.165, 1.54) is 0 Å². The Balaban J connectivity index is 1.80. The first-order chi connectivity index (χ1) is 12.7. The Morgan fingerprint density at radius 2 is 1.52 bits per heavy atom. The SMILES string of the molecule is CC(C)(C)[Si](C)(C)OC[C@H]1[C@H](c2ccccc2)C(=O)N1Cc1ccccc1. The van der Waals surface area contributed by atoms with Crippen LogP contribution >= 0.6 is 0 Å². The van der Waals surface area contributed by atoms with Gasteiger partial charge in [0.2, 0.25) is 5.91 Å². The predicted octanol–water partition coefficient (Wildman–Crippen LogP) is 5.20. The summed E-state index contributed by atoms with van der Waals surface area (Å²) in [6, 6.07) is 20.4. The second-order valence-corrected chi connectivity index (χ2v) is 13.8. The number of carbonyl (C=O) groups is 1. The molecule has 1 fully saturated rings. The van der Waals surface area contributed by atoms with Gasteiger partial charge in [0.15, 0.2) is 8.32 Å². The third-order valence-corrected chi connectivity index (χ3v) is 10.6. The van der Waals surface area contributed by atoms with Crippen molar-refractivity contribution >= 4 is 14.2 Å². The largest absolute Gasteiger partial charge is 0.415 e. The van der Waals surface area contributed by atoms with Crippen LogP contribution in [-0.2, 0) is 15.8 Å². The molecule has 0 unspecified atom stereocenters. The smallest absolute Gasteiger partial charge is 0.232 e. The molecule has 1 saturated heterocycles. The lowest BCUT2D eigenvalue weighted by Crippen LogP contribution is -2.61. The first kappa shape index (κ1) is 19.8. The molecule has 1 amide bonds. The van der Waals surface area contributed by atoms with Crippen molar-refractivity contribution in [1.82, 2.24) is 4.90 Å². The predicted molar refractivity (Wildman–Crippen MR) is 113 cm³/mol. The molecule has 2 aromatic carbocycles. The molecule has 4 heteroatoms. The zero-order chi connectivity index (χ0) is 19.7. The van der Waals surface area contributed by atoms with E-state index >= 15 is 0 Å². The zero-order valence-corrected chi connectivity index (χ0v) is 18.1. The summed E-state index contributed by atoms with van der Waals surface area (Å²) < 4.78 is 6.51. The van der Waals surface area contributed by atoms with Gasteiger partial charge in [-0.25, -0.2) is 0 Å². The van der Waals surface area contributed by atoms with Gasteiger partial charge in [0.1, 0.15) is 0 Å². The van der Waals surface area contributed by atoms with E-state index in [4.69, 9.17) is 4.43 Å². The highest BCUT2D eigenvalue weighted by molar-refractivity contribution is 6.74. The molecule has 3 nitrogen and oxygen atoms in total.